The lowest BCUT2D eigenvalue weighted by Crippen LogP contribution is -2.29. The van der Waals surface area contributed by atoms with E-state index < -0.39 is 16.1 Å². The molecule has 1 aromatic heterocycles. The molecule has 1 aliphatic rings. The number of aromatic amines is 1. The van der Waals surface area contributed by atoms with Crippen LogP contribution in [-0.2, 0) is 10.0 Å². The first-order valence-corrected chi connectivity index (χ1v) is 5.72. The molecule has 1 aromatic rings. The standard InChI is InChI=1S/C7H11N3O3S/c11-6-2-4-10(5-6)14(12,13)7-1-3-8-9-7/h1,3,6,11H,2,4-5H2,(H,8,9)/t6-/m1/s1. The van der Waals surface area contributed by atoms with Crippen molar-refractivity contribution in [2.75, 3.05) is 13.1 Å². The summed E-state index contributed by atoms with van der Waals surface area (Å²) in [5, 5.41) is 15.3. The molecule has 2 rings (SSSR count). The van der Waals surface area contributed by atoms with Gasteiger partial charge >= 0.3 is 0 Å². The summed E-state index contributed by atoms with van der Waals surface area (Å²) in [5.41, 5.74) is 0. The third kappa shape index (κ3) is 1.54. The number of nitrogens with one attached hydrogen (secondary N) is 1. The number of rotatable bonds is 2. The normalized spacial score (nSPS) is 24.2. The SMILES string of the molecule is O=S(=O)(c1ccn[nH]1)N1CC[C@@H](O)C1. The zero-order valence-electron chi connectivity index (χ0n) is 7.42. The summed E-state index contributed by atoms with van der Waals surface area (Å²) in [5.74, 6) is 0. The molecule has 0 radical (unpaired) electrons. The van der Waals surface area contributed by atoms with Gasteiger partial charge in [-0.25, -0.2) is 8.42 Å². The van der Waals surface area contributed by atoms with E-state index in [2.05, 4.69) is 10.2 Å². The van der Waals surface area contributed by atoms with Crippen molar-refractivity contribution in [3.63, 3.8) is 0 Å². The lowest BCUT2D eigenvalue weighted by Gasteiger charge is -2.13. The summed E-state index contributed by atoms with van der Waals surface area (Å²) in [6, 6.07) is 1.40. The molecule has 1 saturated heterocycles. The first kappa shape index (κ1) is 9.63. The van der Waals surface area contributed by atoms with E-state index in [4.69, 9.17) is 0 Å². The molecule has 0 amide bonds. The zero-order valence-corrected chi connectivity index (χ0v) is 8.24. The first-order valence-electron chi connectivity index (χ1n) is 4.28. The summed E-state index contributed by atoms with van der Waals surface area (Å²) >= 11 is 0. The number of hydrogen-bond acceptors (Lipinski definition) is 4. The van der Waals surface area contributed by atoms with Crippen LogP contribution in [0, 0.1) is 0 Å². The van der Waals surface area contributed by atoms with Crippen molar-refractivity contribution < 1.29 is 13.5 Å². The number of aromatic nitrogens is 2. The number of H-pyrrole nitrogens is 1. The average molecular weight is 217 g/mol. The van der Waals surface area contributed by atoms with E-state index in [1.54, 1.807) is 0 Å². The molecule has 0 saturated carbocycles. The molecule has 6 nitrogen and oxygen atoms in total. The van der Waals surface area contributed by atoms with Gasteiger partial charge in [-0.2, -0.15) is 9.40 Å². The summed E-state index contributed by atoms with van der Waals surface area (Å²) in [4.78, 5) is 0. The number of sulfonamides is 1. The Morgan fingerprint density at radius 2 is 2.43 bits per heavy atom. The maximum Gasteiger partial charge on any atom is 0.260 e. The highest BCUT2D eigenvalue weighted by molar-refractivity contribution is 7.89. The molecule has 2 heterocycles. The van der Waals surface area contributed by atoms with E-state index in [1.807, 2.05) is 0 Å². The van der Waals surface area contributed by atoms with E-state index >= 15 is 0 Å². The zero-order chi connectivity index (χ0) is 10.2. The molecule has 14 heavy (non-hydrogen) atoms. The topological polar surface area (TPSA) is 86.3 Å². The van der Waals surface area contributed by atoms with Crippen LogP contribution in [0.15, 0.2) is 17.3 Å². The third-order valence-electron chi connectivity index (χ3n) is 2.22. The summed E-state index contributed by atoms with van der Waals surface area (Å²) < 4.78 is 24.8. The van der Waals surface area contributed by atoms with Crippen molar-refractivity contribution in [3.05, 3.63) is 12.3 Å². The largest absolute Gasteiger partial charge is 0.392 e. The van der Waals surface area contributed by atoms with Gasteiger partial charge in [0, 0.05) is 13.1 Å². The van der Waals surface area contributed by atoms with Crippen LogP contribution in [0.5, 0.6) is 0 Å². The van der Waals surface area contributed by atoms with Gasteiger partial charge in [0.2, 0.25) is 0 Å². The average Bonchev–Trinajstić information content (AvgIpc) is 2.72. The Morgan fingerprint density at radius 1 is 1.64 bits per heavy atom. The molecule has 0 aliphatic carbocycles. The van der Waals surface area contributed by atoms with Crippen molar-refractivity contribution in [3.8, 4) is 0 Å². The third-order valence-corrected chi connectivity index (χ3v) is 4.01. The number of aliphatic hydroxyl groups is 1. The Hall–Kier alpha value is -0.920. The molecule has 0 spiro atoms. The highest BCUT2D eigenvalue weighted by Crippen LogP contribution is 2.18. The van der Waals surface area contributed by atoms with E-state index in [1.165, 1.54) is 16.6 Å². The van der Waals surface area contributed by atoms with E-state index in [0.29, 0.717) is 13.0 Å². The van der Waals surface area contributed by atoms with Crippen molar-refractivity contribution in [1.82, 2.24) is 14.5 Å². The van der Waals surface area contributed by atoms with E-state index in [0.717, 1.165) is 0 Å². The molecule has 0 aromatic carbocycles. The number of nitrogens with zero attached hydrogens (tertiary/aromatic N) is 2. The molecule has 2 N–H and O–H groups in total. The Morgan fingerprint density at radius 3 is 2.93 bits per heavy atom. The van der Waals surface area contributed by atoms with Crippen LogP contribution in [-0.4, -0.2) is 47.2 Å². The minimum absolute atomic E-state index is 0.0756. The predicted molar refractivity (Wildman–Crippen MR) is 48.0 cm³/mol. The Bertz CT molecular complexity index is 400. The van der Waals surface area contributed by atoms with Gasteiger partial charge in [0.05, 0.1) is 12.3 Å². The Balaban J connectivity index is 2.26. The summed E-state index contributed by atoms with van der Waals surface area (Å²) in [6.45, 7) is 0.532. The lowest BCUT2D eigenvalue weighted by molar-refractivity contribution is 0.189. The minimum Gasteiger partial charge on any atom is -0.392 e. The molecule has 0 unspecified atom stereocenters. The highest BCUT2D eigenvalue weighted by atomic mass is 32.2. The lowest BCUT2D eigenvalue weighted by atomic mass is 10.3. The molecule has 1 atom stereocenters. The van der Waals surface area contributed by atoms with Crippen LogP contribution in [0.25, 0.3) is 0 Å². The smallest absolute Gasteiger partial charge is 0.260 e. The molecule has 0 bridgehead atoms. The maximum atomic E-state index is 11.8. The van der Waals surface area contributed by atoms with Crippen LogP contribution in [0.1, 0.15) is 6.42 Å². The predicted octanol–water partition coefficient (Wildman–Crippen LogP) is -0.835. The van der Waals surface area contributed by atoms with Crippen LogP contribution in [0.3, 0.4) is 0 Å². The van der Waals surface area contributed by atoms with Crippen molar-refractivity contribution in [1.29, 1.82) is 0 Å². The van der Waals surface area contributed by atoms with Crippen LogP contribution < -0.4 is 0 Å². The van der Waals surface area contributed by atoms with Gasteiger partial charge in [0.15, 0.2) is 5.03 Å². The fourth-order valence-electron chi connectivity index (χ4n) is 1.45. The molecule has 7 heteroatoms. The second-order valence-electron chi connectivity index (χ2n) is 3.23. The monoisotopic (exact) mass is 217 g/mol. The molecule has 78 valence electrons. The fourth-order valence-corrected chi connectivity index (χ4v) is 2.85. The fraction of sp³-hybridized carbons (Fsp3) is 0.571. The van der Waals surface area contributed by atoms with Crippen molar-refractivity contribution >= 4 is 10.0 Å². The molecular formula is C7H11N3O3S. The van der Waals surface area contributed by atoms with Gasteiger partial charge in [-0.1, -0.05) is 0 Å². The number of hydrogen-bond donors (Lipinski definition) is 2. The van der Waals surface area contributed by atoms with Gasteiger partial charge in [-0.15, -0.1) is 0 Å². The van der Waals surface area contributed by atoms with E-state index in [9.17, 15) is 13.5 Å². The van der Waals surface area contributed by atoms with E-state index in [-0.39, 0.29) is 11.6 Å². The maximum absolute atomic E-state index is 11.8. The van der Waals surface area contributed by atoms with Gasteiger partial charge in [0.25, 0.3) is 10.0 Å². The van der Waals surface area contributed by atoms with Crippen molar-refractivity contribution in [2.24, 2.45) is 0 Å². The van der Waals surface area contributed by atoms with Gasteiger partial charge < -0.3 is 5.11 Å². The van der Waals surface area contributed by atoms with Crippen LogP contribution >= 0.6 is 0 Å². The minimum atomic E-state index is -3.47. The molecular weight excluding hydrogens is 206 g/mol. The van der Waals surface area contributed by atoms with Gasteiger partial charge in [-0.05, 0) is 12.5 Å². The van der Waals surface area contributed by atoms with Crippen LogP contribution in [0.2, 0.25) is 0 Å². The highest BCUT2D eigenvalue weighted by Gasteiger charge is 2.32. The quantitative estimate of drug-likeness (QED) is 0.676. The van der Waals surface area contributed by atoms with Crippen molar-refractivity contribution in [2.45, 2.75) is 17.6 Å². The Labute approximate surface area is 81.6 Å². The van der Waals surface area contributed by atoms with Gasteiger partial charge in [-0.3, -0.25) is 5.10 Å². The summed E-state index contributed by atoms with van der Waals surface area (Å²) in [7, 11) is -3.47. The second-order valence-corrected chi connectivity index (χ2v) is 5.13. The number of aliphatic hydroxyl groups excluding tert-OH is 1. The Kier molecular flexibility index (Phi) is 2.30. The van der Waals surface area contributed by atoms with Crippen LogP contribution in [0.4, 0.5) is 0 Å². The first-order chi connectivity index (χ1) is 6.60. The molecule has 1 fully saturated rings. The summed E-state index contributed by atoms with van der Waals surface area (Å²) in [6.07, 6.45) is 1.33. The number of β-amino-alcohol motifs (C(OH)–C–C–N with tert-alkyl or cyclic N) is 1. The van der Waals surface area contributed by atoms with Gasteiger partial charge in [0.1, 0.15) is 0 Å². The second kappa shape index (κ2) is 3.34. The molecule has 1 aliphatic heterocycles.